The molecule has 1 aromatic heterocycles. The maximum absolute atomic E-state index is 11.5. The Morgan fingerprint density at radius 2 is 1.95 bits per heavy atom. The Kier molecular flexibility index (Phi) is 3.86. The maximum atomic E-state index is 11.5. The number of hydrogen-bond donors (Lipinski definition) is 0. The number of esters is 1. The van der Waals surface area contributed by atoms with Crippen molar-refractivity contribution in [2.24, 2.45) is 0 Å². The molecule has 1 heterocycles. The van der Waals surface area contributed by atoms with E-state index in [1.165, 1.54) is 7.11 Å². The van der Waals surface area contributed by atoms with Gasteiger partial charge in [-0.15, -0.1) is 0 Å². The summed E-state index contributed by atoms with van der Waals surface area (Å²) in [5.74, 6) is 0.394. The quantitative estimate of drug-likeness (QED) is 0.792. The van der Waals surface area contributed by atoms with Gasteiger partial charge >= 0.3 is 5.97 Å². The SMILES string of the molecule is COC(=O)c1ccc2oc([C@H](C)OC(C)(C)C)cc2c1. The zero-order valence-electron chi connectivity index (χ0n) is 12.5. The zero-order chi connectivity index (χ0) is 14.9. The lowest BCUT2D eigenvalue weighted by Crippen LogP contribution is -2.20. The predicted octanol–water partition coefficient (Wildman–Crippen LogP) is 4.10. The summed E-state index contributed by atoms with van der Waals surface area (Å²) < 4.78 is 16.3. The molecule has 0 saturated heterocycles. The van der Waals surface area contributed by atoms with Crippen LogP contribution in [0.5, 0.6) is 0 Å². The van der Waals surface area contributed by atoms with Crippen LogP contribution in [0, 0.1) is 0 Å². The van der Waals surface area contributed by atoms with Gasteiger partial charge in [0, 0.05) is 5.39 Å². The second-order valence-electron chi connectivity index (χ2n) is 5.77. The van der Waals surface area contributed by atoms with Crippen molar-refractivity contribution in [3.8, 4) is 0 Å². The molecule has 4 heteroatoms. The van der Waals surface area contributed by atoms with Crippen molar-refractivity contribution in [2.75, 3.05) is 7.11 Å². The van der Waals surface area contributed by atoms with Crippen molar-refractivity contribution in [1.29, 1.82) is 0 Å². The second kappa shape index (κ2) is 5.29. The van der Waals surface area contributed by atoms with Gasteiger partial charge in [0.1, 0.15) is 17.4 Å². The minimum absolute atomic E-state index is 0.149. The molecule has 0 fully saturated rings. The fourth-order valence-electron chi connectivity index (χ4n) is 2.10. The van der Waals surface area contributed by atoms with Crippen LogP contribution >= 0.6 is 0 Å². The fraction of sp³-hybridized carbons (Fsp3) is 0.438. The fourth-order valence-corrected chi connectivity index (χ4v) is 2.10. The Balaban J connectivity index is 2.31. The summed E-state index contributed by atoms with van der Waals surface area (Å²) in [6.07, 6.45) is -0.149. The molecule has 0 N–H and O–H groups in total. The molecule has 0 aliphatic carbocycles. The van der Waals surface area contributed by atoms with Gasteiger partial charge in [-0.25, -0.2) is 4.79 Å². The van der Waals surface area contributed by atoms with Crippen molar-refractivity contribution >= 4 is 16.9 Å². The number of benzene rings is 1. The van der Waals surface area contributed by atoms with Crippen LogP contribution in [0.4, 0.5) is 0 Å². The highest BCUT2D eigenvalue weighted by Gasteiger charge is 2.20. The number of furan rings is 1. The molecule has 20 heavy (non-hydrogen) atoms. The van der Waals surface area contributed by atoms with Crippen molar-refractivity contribution in [3.05, 3.63) is 35.6 Å². The highest BCUT2D eigenvalue weighted by atomic mass is 16.5. The molecule has 1 aromatic carbocycles. The number of carbonyl (C=O) groups is 1. The lowest BCUT2D eigenvalue weighted by Gasteiger charge is -2.23. The van der Waals surface area contributed by atoms with E-state index in [0.717, 1.165) is 16.7 Å². The standard InChI is InChI=1S/C16H20O4/c1-10(20-16(2,3)4)14-9-12-8-11(15(17)18-5)6-7-13(12)19-14/h6-10H,1-5H3/t10-/m0/s1. The van der Waals surface area contributed by atoms with E-state index in [2.05, 4.69) is 0 Å². The molecule has 0 amide bonds. The van der Waals surface area contributed by atoms with E-state index in [0.29, 0.717) is 5.56 Å². The first-order valence-corrected chi connectivity index (χ1v) is 6.60. The summed E-state index contributed by atoms with van der Waals surface area (Å²) in [7, 11) is 1.37. The van der Waals surface area contributed by atoms with Gasteiger partial charge in [0.2, 0.25) is 0 Å². The van der Waals surface area contributed by atoms with Crippen molar-refractivity contribution in [1.82, 2.24) is 0 Å². The molecule has 0 spiro atoms. The summed E-state index contributed by atoms with van der Waals surface area (Å²) in [5.41, 5.74) is 1.00. The molecule has 4 nitrogen and oxygen atoms in total. The van der Waals surface area contributed by atoms with Crippen LogP contribution in [0.15, 0.2) is 28.7 Å². The Morgan fingerprint density at radius 3 is 2.55 bits per heavy atom. The molecular weight excluding hydrogens is 256 g/mol. The highest BCUT2D eigenvalue weighted by Crippen LogP contribution is 2.29. The normalized spacial score (nSPS) is 13.4. The Bertz CT molecular complexity index is 619. The van der Waals surface area contributed by atoms with Gasteiger partial charge in [-0.3, -0.25) is 0 Å². The van der Waals surface area contributed by atoms with E-state index >= 15 is 0 Å². The molecule has 0 aliphatic heterocycles. The van der Waals surface area contributed by atoms with E-state index in [1.807, 2.05) is 33.8 Å². The predicted molar refractivity (Wildman–Crippen MR) is 76.8 cm³/mol. The number of fused-ring (bicyclic) bond motifs is 1. The number of methoxy groups -OCH3 is 1. The van der Waals surface area contributed by atoms with Crippen LogP contribution in [0.2, 0.25) is 0 Å². The lowest BCUT2D eigenvalue weighted by atomic mass is 10.1. The van der Waals surface area contributed by atoms with Crippen LogP contribution in [0.1, 0.15) is 49.9 Å². The Morgan fingerprint density at radius 1 is 1.25 bits per heavy atom. The number of hydrogen-bond acceptors (Lipinski definition) is 4. The minimum Gasteiger partial charge on any atom is -0.465 e. The monoisotopic (exact) mass is 276 g/mol. The first kappa shape index (κ1) is 14.6. The molecule has 0 unspecified atom stereocenters. The molecule has 0 bridgehead atoms. The van der Waals surface area contributed by atoms with Crippen molar-refractivity contribution < 1.29 is 18.7 Å². The number of ether oxygens (including phenoxy) is 2. The van der Waals surface area contributed by atoms with Gasteiger partial charge < -0.3 is 13.9 Å². The lowest BCUT2D eigenvalue weighted by molar-refractivity contribution is -0.0608. The highest BCUT2D eigenvalue weighted by molar-refractivity contribution is 5.94. The average molecular weight is 276 g/mol. The van der Waals surface area contributed by atoms with E-state index in [9.17, 15) is 4.79 Å². The Labute approximate surface area is 118 Å². The summed E-state index contributed by atoms with van der Waals surface area (Å²) in [4.78, 5) is 11.5. The molecule has 1 atom stereocenters. The first-order chi connectivity index (χ1) is 9.30. The van der Waals surface area contributed by atoms with Gasteiger partial charge in [-0.1, -0.05) is 0 Å². The van der Waals surface area contributed by atoms with Crippen LogP contribution in [0.25, 0.3) is 11.0 Å². The molecule has 0 radical (unpaired) electrons. The van der Waals surface area contributed by atoms with Crippen LogP contribution in [-0.4, -0.2) is 18.7 Å². The number of rotatable bonds is 3. The molecular formula is C16H20O4. The van der Waals surface area contributed by atoms with E-state index in [4.69, 9.17) is 13.9 Å². The van der Waals surface area contributed by atoms with Crippen LogP contribution < -0.4 is 0 Å². The average Bonchev–Trinajstić information content (AvgIpc) is 2.78. The molecule has 2 aromatic rings. The van der Waals surface area contributed by atoms with Gasteiger partial charge in [0.15, 0.2) is 0 Å². The third kappa shape index (κ3) is 3.20. The smallest absolute Gasteiger partial charge is 0.337 e. The first-order valence-electron chi connectivity index (χ1n) is 6.60. The molecule has 2 rings (SSSR count). The van der Waals surface area contributed by atoms with Crippen LogP contribution in [0.3, 0.4) is 0 Å². The molecule has 0 saturated carbocycles. The van der Waals surface area contributed by atoms with Crippen molar-refractivity contribution in [3.63, 3.8) is 0 Å². The third-order valence-electron chi connectivity index (χ3n) is 2.89. The minimum atomic E-state index is -0.353. The molecule has 108 valence electrons. The second-order valence-corrected chi connectivity index (χ2v) is 5.77. The number of carbonyl (C=O) groups excluding carboxylic acids is 1. The summed E-state index contributed by atoms with van der Waals surface area (Å²) in [6.45, 7) is 7.95. The molecule has 0 aliphatic rings. The van der Waals surface area contributed by atoms with Gasteiger partial charge in [0.05, 0.1) is 18.3 Å². The Hall–Kier alpha value is -1.81. The van der Waals surface area contributed by atoms with Crippen LogP contribution in [-0.2, 0) is 9.47 Å². The third-order valence-corrected chi connectivity index (χ3v) is 2.89. The van der Waals surface area contributed by atoms with Gasteiger partial charge in [-0.2, -0.15) is 0 Å². The van der Waals surface area contributed by atoms with Gasteiger partial charge in [0.25, 0.3) is 0 Å². The topological polar surface area (TPSA) is 48.7 Å². The summed E-state index contributed by atoms with van der Waals surface area (Å²) in [5, 5.41) is 0.868. The maximum Gasteiger partial charge on any atom is 0.337 e. The van der Waals surface area contributed by atoms with E-state index in [-0.39, 0.29) is 17.7 Å². The summed E-state index contributed by atoms with van der Waals surface area (Å²) in [6, 6.07) is 7.13. The van der Waals surface area contributed by atoms with E-state index < -0.39 is 0 Å². The van der Waals surface area contributed by atoms with Gasteiger partial charge in [-0.05, 0) is 52.0 Å². The van der Waals surface area contributed by atoms with E-state index in [1.54, 1.807) is 18.2 Å². The largest absolute Gasteiger partial charge is 0.465 e. The zero-order valence-corrected chi connectivity index (χ0v) is 12.5. The van der Waals surface area contributed by atoms with Crippen molar-refractivity contribution in [2.45, 2.75) is 39.4 Å². The summed E-state index contributed by atoms with van der Waals surface area (Å²) >= 11 is 0.